The highest BCUT2D eigenvalue weighted by molar-refractivity contribution is 6.23. The van der Waals surface area contributed by atoms with Crippen molar-refractivity contribution < 1.29 is 29.1 Å². The second-order valence-corrected chi connectivity index (χ2v) is 11.9. The summed E-state index contributed by atoms with van der Waals surface area (Å²) in [6, 6.07) is 8.81. The van der Waals surface area contributed by atoms with Crippen molar-refractivity contribution in [2.75, 3.05) is 13.6 Å². The second kappa shape index (κ2) is 11.4. The molecule has 0 aromatic heterocycles. The molecule has 1 heterocycles. The number of imide groups is 1. The Bertz CT molecular complexity index is 1290. The van der Waals surface area contributed by atoms with E-state index < -0.39 is 46.7 Å². The molecular formula is C30H38N4O6. The van der Waals surface area contributed by atoms with E-state index in [9.17, 15) is 29.1 Å². The van der Waals surface area contributed by atoms with Gasteiger partial charge in [0.2, 0.25) is 11.8 Å². The Balaban J connectivity index is 1.53. The maximum Gasteiger partial charge on any atom is 0.320 e. The van der Waals surface area contributed by atoms with E-state index >= 15 is 0 Å². The minimum atomic E-state index is -1.20. The van der Waals surface area contributed by atoms with Crippen LogP contribution in [0.25, 0.3) is 10.8 Å². The number of nitrogens with one attached hydrogen (secondary N) is 3. The number of rotatable bonds is 9. The van der Waals surface area contributed by atoms with Crippen molar-refractivity contribution in [3.8, 4) is 0 Å². The molecule has 2 aromatic carbocycles. The lowest BCUT2D eigenvalue weighted by molar-refractivity contribution is -0.142. The van der Waals surface area contributed by atoms with Crippen molar-refractivity contribution in [1.29, 1.82) is 0 Å². The van der Waals surface area contributed by atoms with Gasteiger partial charge in [-0.2, -0.15) is 0 Å². The number of carboxylic acid groups (broad SMARTS) is 1. The molecule has 1 fully saturated rings. The molecule has 0 radical (unpaired) electrons. The van der Waals surface area contributed by atoms with Crippen molar-refractivity contribution in [2.45, 2.75) is 76.9 Å². The van der Waals surface area contributed by atoms with Gasteiger partial charge in [-0.25, -0.2) is 0 Å². The number of fused-ring (bicyclic) bond motifs is 2. The van der Waals surface area contributed by atoms with Crippen LogP contribution in [0.4, 0.5) is 0 Å². The Morgan fingerprint density at radius 3 is 2.00 bits per heavy atom. The molecule has 0 saturated heterocycles. The smallest absolute Gasteiger partial charge is 0.320 e. The van der Waals surface area contributed by atoms with Crippen LogP contribution in [-0.2, 0) is 14.4 Å². The standard InChI is InChI=1S/C30H38N4O6/c1-29(2,3)23(24(35)31-4)32-28(40)30(13-8-5-9-14-30)33-22(27(38)39)12-15-34-25(36)20-16-18-10-6-7-11-19(18)17-21(20)26(34)37/h6-7,10-11,16-17,22-23,33H,5,8-9,12-15H2,1-4H3,(H,31,35)(H,32,40)(H,38,39). The molecule has 2 aliphatic rings. The number of likely N-dealkylation sites (N-methyl/N-ethyl adjacent to an activating group) is 1. The summed E-state index contributed by atoms with van der Waals surface area (Å²) in [4.78, 5) is 66.0. The topological polar surface area (TPSA) is 145 Å². The average molecular weight is 551 g/mol. The lowest BCUT2D eigenvalue weighted by Crippen LogP contribution is -2.66. The fraction of sp³-hybridized carbons (Fsp3) is 0.500. The zero-order chi connectivity index (χ0) is 29.2. The fourth-order valence-corrected chi connectivity index (χ4v) is 5.71. The van der Waals surface area contributed by atoms with Gasteiger partial charge in [0.1, 0.15) is 12.1 Å². The van der Waals surface area contributed by atoms with E-state index in [1.807, 2.05) is 45.0 Å². The third kappa shape index (κ3) is 5.72. The summed E-state index contributed by atoms with van der Waals surface area (Å²) in [5, 5.41) is 20.3. The number of hydrogen-bond acceptors (Lipinski definition) is 6. The summed E-state index contributed by atoms with van der Waals surface area (Å²) < 4.78 is 0. The highest BCUT2D eigenvalue weighted by atomic mass is 16.4. The monoisotopic (exact) mass is 550 g/mol. The van der Waals surface area contributed by atoms with Crippen molar-refractivity contribution >= 4 is 40.4 Å². The summed E-state index contributed by atoms with van der Waals surface area (Å²) in [5.74, 6) is -2.86. The molecule has 1 aliphatic carbocycles. The molecule has 4 amide bonds. The van der Waals surface area contributed by atoms with E-state index in [1.54, 1.807) is 12.1 Å². The number of aliphatic carboxylic acids is 1. The van der Waals surface area contributed by atoms with Gasteiger partial charge in [-0.1, -0.05) is 64.3 Å². The van der Waals surface area contributed by atoms with Crippen LogP contribution in [0.15, 0.2) is 36.4 Å². The van der Waals surface area contributed by atoms with Gasteiger partial charge >= 0.3 is 5.97 Å². The van der Waals surface area contributed by atoms with E-state index in [2.05, 4.69) is 16.0 Å². The summed E-state index contributed by atoms with van der Waals surface area (Å²) >= 11 is 0. The number of benzene rings is 2. The molecule has 2 unspecified atom stereocenters. The predicted octanol–water partition coefficient (Wildman–Crippen LogP) is 2.85. The molecule has 10 heteroatoms. The predicted molar refractivity (Wildman–Crippen MR) is 150 cm³/mol. The summed E-state index contributed by atoms with van der Waals surface area (Å²) in [5.41, 5.74) is -1.17. The van der Waals surface area contributed by atoms with Crippen molar-refractivity contribution in [1.82, 2.24) is 20.9 Å². The van der Waals surface area contributed by atoms with Crippen LogP contribution in [-0.4, -0.2) is 70.8 Å². The Morgan fingerprint density at radius 2 is 1.52 bits per heavy atom. The van der Waals surface area contributed by atoms with Crippen LogP contribution >= 0.6 is 0 Å². The molecule has 2 aromatic rings. The quantitative estimate of drug-likeness (QED) is 0.351. The first-order valence-electron chi connectivity index (χ1n) is 13.8. The van der Waals surface area contributed by atoms with Gasteiger partial charge in [0.15, 0.2) is 0 Å². The van der Waals surface area contributed by atoms with Gasteiger partial charge in [0.25, 0.3) is 11.8 Å². The molecule has 1 aliphatic heterocycles. The van der Waals surface area contributed by atoms with E-state index in [0.717, 1.165) is 34.9 Å². The molecule has 214 valence electrons. The van der Waals surface area contributed by atoms with Gasteiger partial charge in [-0.15, -0.1) is 0 Å². The largest absolute Gasteiger partial charge is 0.480 e. The Kier molecular flexibility index (Phi) is 8.30. The molecule has 0 spiro atoms. The maximum atomic E-state index is 13.7. The van der Waals surface area contributed by atoms with Gasteiger partial charge in [-0.05, 0) is 47.6 Å². The van der Waals surface area contributed by atoms with Crippen molar-refractivity contribution in [3.63, 3.8) is 0 Å². The van der Waals surface area contributed by atoms with Crippen molar-refractivity contribution in [3.05, 3.63) is 47.5 Å². The van der Waals surface area contributed by atoms with Gasteiger partial charge in [0, 0.05) is 13.6 Å². The minimum Gasteiger partial charge on any atom is -0.480 e. The van der Waals surface area contributed by atoms with Crippen molar-refractivity contribution in [2.24, 2.45) is 5.41 Å². The van der Waals surface area contributed by atoms with Crippen LogP contribution in [0.3, 0.4) is 0 Å². The second-order valence-electron chi connectivity index (χ2n) is 11.9. The molecule has 10 nitrogen and oxygen atoms in total. The first kappa shape index (κ1) is 29.2. The highest BCUT2D eigenvalue weighted by Crippen LogP contribution is 2.32. The maximum absolute atomic E-state index is 13.7. The normalized spacial score (nSPS) is 18.2. The molecule has 4 N–H and O–H groups in total. The number of carbonyl (C=O) groups is 5. The first-order chi connectivity index (χ1) is 18.9. The minimum absolute atomic E-state index is 0.0759. The SMILES string of the molecule is CNC(=O)C(NC(=O)C1(NC(CCN2C(=O)c3cc4ccccc4cc3C2=O)C(=O)O)CCCCC1)C(C)(C)C. The number of carbonyl (C=O) groups excluding carboxylic acids is 4. The Morgan fingerprint density at radius 1 is 0.975 bits per heavy atom. The number of nitrogens with zero attached hydrogens (tertiary/aromatic N) is 1. The molecule has 2 atom stereocenters. The summed E-state index contributed by atoms with van der Waals surface area (Å²) in [6.45, 7) is 5.42. The molecule has 1 saturated carbocycles. The van der Waals surface area contributed by atoms with Gasteiger partial charge < -0.3 is 15.7 Å². The van der Waals surface area contributed by atoms with Crippen LogP contribution in [0, 0.1) is 5.41 Å². The summed E-state index contributed by atoms with van der Waals surface area (Å²) in [6.07, 6.45) is 3.10. The molecule has 4 rings (SSSR count). The van der Waals surface area contributed by atoms with Crippen LogP contribution in [0.2, 0.25) is 0 Å². The van der Waals surface area contributed by atoms with Crippen LogP contribution in [0.1, 0.15) is 80.0 Å². The average Bonchev–Trinajstić information content (AvgIpc) is 3.15. The van der Waals surface area contributed by atoms with E-state index in [1.165, 1.54) is 7.05 Å². The van der Waals surface area contributed by atoms with Crippen LogP contribution < -0.4 is 16.0 Å². The van der Waals surface area contributed by atoms with E-state index in [4.69, 9.17) is 0 Å². The number of amides is 4. The number of hydrogen-bond donors (Lipinski definition) is 4. The Labute approximate surface area is 233 Å². The van der Waals surface area contributed by atoms with E-state index in [-0.39, 0.29) is 18.9 Å². The van der Waals surface area contributed by atoms with E-state index in [0.29, 0.717) is 24.0 Å². The van der Waals surface area contributed by atoms with Crippen LogP contribution in [0.5, 0.6) is 0 Å². The third-order valence-corrected chi connectivity index (χ3v) is 8.02. The zero-order valence-electron chi connectivity index (χ0n) is 23.5. The molecular weight excluding hydrogens is 512 g/mol. The van der Waals surface area contributed by atoms with Gasteiger partial charge in [0.05, 0.1) is 16.7 Å². The lowest BCUT2D eigenvalue weighted by atomic mass is 9.78. The highest BCUT2D eigenvalue weighted by Gasteiger charge is 2.45. The number of carboxylic acids is 1. The lowest BCUT2D eigenvalue weighted by Gasteiger charge is -2.41. The molecule has 40 heavy (non-hydrogen) atoms. The fourth-order valence-electron chi connectivity index (χ4n) is 5.71. The summed E-state index contributed by atoms with van der Waals surface area (Å²) in [7, 11) is 1.50. The Hall–Kier alpha value is -3.79. The first-order valence-corrected chi connectivity index (χ1v) is 13.8. The third-order valence-electron chi connectivity index (χ3n) is 8.02. The molecule has 0 bridgehead atoms. The van der Waals surface area contributed by atoms with Gasteiger partial charge in [-0.3, -0.25) is 34.2 Å². The zero-order valence-corrected chi connectivity index (χ0v) is 23.5.